The molecule has 0 spiro atoms. The second-order valence-corrected chi connectivity index (χ2v) is 8.85. The molecule has 0 bridgehead atoms. The molecule has 0 fully saturated rings. The molecule has 1 N–H and O–H groups in total. The number of rotatable bonds is 4. The number of hydrogen-bond donors (Lipinski definition) is 1. The Kier molecular flexibility index (Phi) is 5.63. The molecule has 0 radical (unpaired) electrons. The lowest BCUT2D eigenvalue weighted by Crippen LogP contribution is -2.13. The van der Waals surface area contributed by atoms with E-state index in [1.807, 2.05) is 50.2 Å². The normalized spacial score (nSPS) is 11.1. The van der Waals surface area contributed by atoms with Crippen molar-refractivity contribution in [2.75, 3.05) is 5.32 Å². The van der Waals surface area contributed by atoms with E-state index < -0.39 is 11.6 Å². The maximum absolute atomic E-state index is 14.1. The van der Waals surface area contributed by atoms with Gasteiger partial charge < -0.3 is 0 Å². The Balaban J connectivity index is 1.51. The molecule has 0 unspecified atom stereocenters. The van der Waals surface area contributed by atoms with Crippen molar-refractivity contribution < 1.29 is 13.6 Å². The predicted molar refractivity (Wildman–Crippen MR) is 132 cm³/mol. The van der Waals surface area contributed by atoms with Gasteiger partial charge in [-0.1, -0.05) is 30.3 Å². The number of anilines is 1. The van der Waals surface area contributed by atoms with Gasteiger partial charge in [0.2, 0.25) is 0 Å². The number of amides is 1. The zero-order chi connectivity index (χ0) is 23.8. The first-order valence-electron chi connectivity index (χ1n) is 10.6. The topological polar surface area (TPSA) is 54.9 Å². The molecular formula is C27H19F2N3OS. The van der Waals surface area contributed by atoms with Crippen molar-refractivity contribution in [3.63, 3.8) is 0 Å². The molecule has 2 heterocycles. The third-order valence-electron chi connectivity index (χ3n) is 5.70. The molecule has 0 atom stereocenters. The van der Waals surface area contributed by atoms with E-state index in [1.165, 1.54) is 29.0 Å². The van der Waals surface area contributed by atoms with Gasteiger partial charge in [0.05, 0.1) is 22.5 Å². The lowest BCUT2D eigenvalue weighted by Gasteiger charge is -2.11. The van der Waals surface area contributed by atoms with Gasteiger partial charge in [-0.3, -0.25) is 10.1 Å². The fourth-order valence-corrected chi connectivity index (χ4v) is 4.43. The standard InChI is InChI=1S/C27H19F2N3OS/c1-15-7-8-17(11-16(15)2)24-13-21(19-5-3-4-6-23(19)30-24)26(33)32-27-31-25(14-34-27)20-10-9-18(28)12-22(20)29/h3-14H,1-2H3,(H,31,32,33). The summed E-state index contributed by atoms with van der Waals surface area (Å²) in [6.45, 7) is 4.09. The molecule has 168 valence electrons. The van der Waals surface area contributed by atoms with Gasteiger partial charge in [0.1, 0.15) is 11.6 Å². The fraction of sp³-hybridized carbons (Fsp3) is 0.0741. The third-order valence-corrected chi connectivity index (χ3v) is 6.45. The Hall–Kier alpha value is -3.97. The molecule has 0 saturated heterocycles. The van der Waals surface area contributed by atoms with Crippen molar-refractivity contribution in [2.45, 2.75) is 13.8 Å². The fourth-order valence-electron chi connectivity index (χ4n) is 3.73. The highest BCUT2D eigenvalue weighted by atomic mass is 32.1. The summed E-state index contributed by atoms with van der Waals surface area (Å²) < 4.78 is 27.4. The van der Waals surface area contributed by atoms with E-state index in [0.29, 0.717) is 33.0 Å². The second kappa shape index (κ2) is 8.76. The number of hydrogen-bond acceptors (Lipinski definition) is 4. The minimum absolute atomic E-state index is 0.171. The number of halogens is 2. The average Bonchev–Trinajstić information content (AvgIpc) is 3.28. The van der Waals surface area contributed by atoms with Crippen molar-refractivity contribution in [3.8, 4) is 22.5 Å². The van der Waals surface area contributed by atoms with Crippen LogP contribution in [0.1, 0.15) is 21.5 Å². The summed E-state index contributed by atoms with van der Waals surface area (Å²) >= 11 is 1.17. The number of aromatic nitrogens is 2. The van der Waals surface area contributed by atoms with Crippen molar-refractivity contribution in [1.29, 1.82) is 0 Å². The minimum atomic E-state index is -0.707. The largest absolute Gasteiger partial charge is 0.298 e. The Labute approximate surface area is 199 Å². The van der Waals surface area contributed by atoms with E-state index in [-0.39, 0.29) is 11.5 Å². The number of thiazole rings is 1. The molecule has 3 aromatic carbocycles. The number of carbonyl (C=O) groups is 1. The van der Waals surface area contributed by atoms with Crippen LogP contribution in [0, 0.1) is 25.5 Å². The van der Waals surface area contributed by atoms with Gasteiger partial charge in [0, 0.05) is 28.0 Å². The summed E-state index contributed by atoms with van der Waals surface area (Å²) in [7, 11) is 0. The molecule has 5 aromatic rings. The van der Waals surface area contributed by atoms with Gasteiger partial charge in [0.15, 0.2) is 5.13 Å². The minimum Gasteiger partial charge on any atom is -0.298 e. The van der Waals surface area contributed by atoms with Crippen LogP contribution in [0.25, 0.3) is 33.4 Å². The predicted octanol–water partition coefficient (Wildman–Crippen LogP) is 7.17. The quantitative estimate of drug-likeness (QED) is 0.302. The van der Waals surface area contributed by atoms with E-state index in [0.717, 1.165) is 17.2 Å². The van der Waals surface area contributed by atoms with Crippen LogP contribution >= 0.6 is 11.3 Å². The van der Waals surface area contributed by atoms with Crippen LogP contribution < -0.4 is 5.32 Å². The van der Waals surface area contributed by atoms with Crippen molar-refractivity contribution >= 4 is 33.3 Å². The molecule has 2 aromatic heterocycles. The molecule has 7 heteroatoms. The van der Waals surface area contributed by atoms with Crippen LogP contribution in [-0.2, 0) is 0 Å². The van der Waals surface area contributed by atoms with E-state index in [2.05, 4.69) is 16.4 Å². The van der Waals surface area contributed by atoms with Gasteiger partial charge in [0.25, 0.3) is 5.91 Å². The first kappa shape index (κ1) is 21.9. The van der Waals surface area contributed by atoms with E-state index in [4.69, 9.17) is 4.98 Å². The lowest BCUT2D eigenvalue weighted by molar-refractivity contribution is 0.102. The molecule has 0 aliphatic heterocycles. The zero-order valence-corrected chi connectivity index (χ0v) is 19.2. The summed E-state index contributed by atoms with van der Waals surface area (Å²) in [5.41, 5.74) is 5.60. The molecule has 34 heavy (non-hydrogen) atoms. The first-order valence-corrected chi connectivity index (χ1v) is 11.5. The SMILES string of the molecule is Cc1ccc(-c2cc(C(=O)Nc3nc(-c4ccc(F)cc4F)cs3)c3ccccc3n2)cc1C. The number of nitrogens with zero attached hydrogens (tertiary/aromatic N) is 2. The molecule has 0 aliphatic rings. The van der Waals surface area contributed by atoms with Gasteiger partial charge in [-0.15, -0.1) is 11.3 Å². The Morgan fingerprint density at radius 1 is 0.882 bits per heavy atom. The number of para-hydroxylation sites is 1. The number of aryl methyl sites for hydroxylation is 2. The van der Waals surface area contributed by atoms with E-state index in [1.54, 1.807) is 11.4 Å². The van der Waals surface area contributed by atoms with Crippen LogP contribution in [-0.4, -0.2) is 15.9 Å². The third kappa shape index (κ3) is 4.18. The van der Waals surface area contributed by atoms with Crippen LogP contribution in [0.2, 0.25) is 0 Å². The first-order chi connectivity index (χ1) is 16.4. The molecular weight excluding hydrogens is 452 g/mol. The van der Waals surface area contributed by atoms with E-state index >= 15 is 0 Å². The number of carbonyl (C=O) groups excluding carboxylic acids is 1. The smallest absolute Gasteiger partial charge is 0.258 e. The zero-order valence-electron chi connectivity index (χ0n) is 18.4. The van der Waals surface area contributed by atoms with Crippen molar-refractivity contribution in [1.82, 2.24) is 9.97 Å². The van der Waals surface area contributed by atoms with Gasteiger partial charge in [-0.2, -0.15) is 0 Å². The van der Waals surface area contributed by atoms with Crippen LogP contribution in [0.15, 0.2) is 72.1 Å². The number of pyridine rings is 1. The van der Waals surface area contributed by atoms with Crippen LogP contribution in [0.3, 0.4) is 0 Å². The summed E-state index contributed by atoms with van der Waals surface area (Å²) in [6.07, 6.45) is 0. The Morgan fingerprint density at radius 2 is 1.71 bits per heavy atom. The summed E-state index contributed by atoms with van der Waals surface area (Å²) in [5, 5.41) is 5.47. The highest BCUT2D eigenvalue weighted by Gasteiger charge is 2.17. The average molecular weight is 472 g/mol. The maximum Gasteiger partial charge on any atom is 0.258 e. The van der Waals surface area contributed by atoms with Crippen molar-refractivity contribution in [3.05, 3.63) is 100 Å². The monoisotopic (exact) mass is 471 g/mol. The molecule has 5 rings (SSSR count). The Bertz CT molecular complexity index is 1560. The highest BCUT2D eigenvalue weighted by molar-refractivity contribution is 7.14. The van der Waals surface area contributed by atoms with Gasteiger partial charge >= 0.3 is 0 Å². The number of nitrogens with one attached hydrogen (secondary N) is 1. The Morgan fingerprint density at radius 3 is 2.50 bits per heavy atom. The molecule has 0 saturated carbocycles. The maximum atomic E-state index is 14.1. The van der Waals surface area contributed by atoms with Crippen LogP contribution in [0.4, 0.5) is 13.9 Å². The van der Waals surface area contributed by atoms with Crippen LogP contribution in [0.5, 0.6) is 0 Å². The highest BCUT2D eigenvalue weighted by Crippen LogP contribution is 2.30. The molecule has 4 nitrogen and oxygen atoms in total. The second-order valence-electron chi connectivity index (χ2n) is 7.99. The summed E-state index contributed by atoms with van der Waals surface area (Å²) in [5.74, 6) is -1.71. The van der Waals surface area contributed by atoms with Crippen molar-refractivity contribution in [2.24, 2.45) is 0 Å². The molecule has 1 amide bonds. The van der Waals surface area contributed by atoms with Gasteiger partial charge in [-0.25, -0.2) is 18.7 Å². The lowest BCUT2D eigenvalue weighted by atomic mass is 10.0. The molecule has 0 aliphatic carbocycles. The summed E-state index contributed by atoms with van der Waals surface area (Å²) in [6, 6.07) is 18.6. The number of benzene rings is 3. The summed E-state index contributed by atoms with van der Waals surface area (Å²) in [4.78, 5) is 22.4. The van der Waals surface area contributed by atoms with Gasteiger partial charge in [-0.05, 0) is 55.3 Å². The van der Waals surface area contributed by atoms with E-state index in [9.17, 15) is 13.6 Å². The number of fused-ring (bicyclic) bond motifs is 1.